The fourth-order valence-corrected chi connectivity index (χ4v) is 2.89. The van der Waals surface area contributed by atoms with Gasteiger partial charge in [0.2, 0.25) is 0 Å². The van der Waals surface area contributed by atoms with Crippen LogP contribution in [0.3, 0.4) is 0 Å². The highest BCUT2D eigenvalue weighted by Gasteiger charge is 2.16. The summed E-state index contributed by atoms with van der Waals surface area (Å²) in [5.74, 6) is 5.65. The first-order valence-electron chi connectivity index (χ1n) is 5.18. The number of thiophene rings is 1. The minimum absolute atomic E-state index is 0.0718. The Morgan fingerprint density at radius 1 is 1.35 bits per heavy atom. The average Bonchev–Trinajstić information content (AvgIpc) is 2.71. The molecule has 0 saturated carbocycles. The highest BCUT2D eigenvalue weighted by atomic mass is 79.9. The summed E-state index contributed by atoms with van der Waals surface area (Å²) < 4.78 is 0.994. The zero-order valence-electron chi connectivity index (χ0n) is 9.41. The van der Waals surface area contributed by atoms with E-state index in [9.17, 15) is 0 Å². The van der Waals surface area contributed by atoms with Crippen LogP contribution in [0.4, 0.5) is 5.69 Å². The van der Waals surface area contributed by atoms with Crippen molar-refractivity contribution in [3.8, 4) is 0 Å². The second-order valence-corrected chi connectivity index (χ2v) is 5.89. The first-order chi connectivity index (χ1) is 8.11. The number of nitrogens with one attached hydrogen (secondary N) is 1. The third-order valence-electron chi connectivity index (χ3n) is 2.61. The fraction of sp³-hybridized carbons (Fsp3) is 0.167. The summed E-state index contributed by atoms with van der Waals surface area (Å²) in [7, 11) is 0. The maximum atomic E-state index is 6.00. The SMILES string of the molecule is Cc1cc(C(NN)c2cc(Br)ccc2N)cs1. The molecule has 2 aromatic rings. The molecule has 0 aliphatic rings. The predicted octanol–water partition coefficient (Wildman–Crippen LogP) is 2.95. The minimum atomic E-state index is -0.0718. The Labute approximate surface area is 113 Å². The highest BCUT2D eigenvalue weighted by Crippen LogP contribution is 2.31. The number of hydrogen-bond acceptors (Lipinski definition) is 4. The summed E-state index contributed by atoms with van der Waals surface area (Å²) in [6, 6.07) is 7.84. The highest BCUT2D eigenvalue weighted by molar-refractivity contribution is 9.10. The van der Waals surface area contributed by atoms with Crippen LogP contribution in [0.5, 0.6) is 0 Å². The van der Waals surface area contributed by atoms with E-state index < -0.39 is 0 Å². The maximum absolute atomic E-state index is 6.00. The number of nitrogens with two attached hydrogens (primary N) is 2. The van der Waals surface area contributed by atoms with Gasteiger partial charge in [-0.1, -0.05) is 15.9 Å². The number of hydrazine groups is 1. The van der Waals surface area contributed by atoms with Gasteiger partial charge in [0, 0.05) is 15.0 Å². The summed E-state index contributed by atoms with van der Waals surface area (Å²) in [6.45, 7) is 2.08. The molecule has 0 radical (unpaired) electrons. The molecule has 90 valence electrons. The van der Waals surface area contributed by atoms with Crippen molar-refractivity contribution in [2.75, 3.05) is 5.73 Å². The average molecular weight is 312 g/mol. The third kappa shape index (κ3) is 2.69. The van der Waals surface area contributed by atoms with Gasteiger partial charge in [0.25, 0.3) is 0 Å². The summed E-state index contributed by atoms with van der Waals surface area (Å²) in [6.07, 6.45) is 0. The van der Waals surface area contributed by atoms with Crippen LogP contribution in [0, 0.1) is 6.92 Å². The van der Waals surface area contributed by atoms with Crippen LogP contribution in [0.25, 0.3) is 0 Å². The number of benzene rings is 1. The molecular formula is C12H14BrN3S. The summed E-state index contributed by atoms with van der Waals surface area (Å²) in [4.78, 5) is 1.26. The molecule has 0 aliphatic carbocycles. The zero-order chi connectivity index (χ0) is 12.4. The lowest BCUT2D eigenvalue weighted by atomic mass is 10.00. The third-order valence-corrected chi connectivity index (χ3v) is 3.98. The van der Waals surface area contributed by atoms with Gasteiger partial charge in [0.05, 0.1) is 6.04 Å². The Bertz CT molecular complexity index is 524. The zero-order valence-corrected chi connectivity index (χ0v) is 11.8. The number of hydrogen-bond donors (Lipinski definition) is 3. The van der Waals surface area contributed by atoms with Gasteiger partial charge in [-0.05, 0) is 47.7 Å². The molecule has 0 fully saturated rings. The second-order valence-electron chi connectivity index (χ2n) is 3.86. The molecule has 1 aromatic carbocycles. The Balaban J connectivity index is 2.45. The Morgan fingerprint density at radius 2 is 2.12 bits per heavy atom. The van der Waals surface area contributed by atoms with E-state index in [0.29, 0.717) is 0 Å². The van der Waals surface area contributed by atoms with Gasteiger partial charge in [-0.15, -0.1) is 11.3 Å². The van der Waals surface area contributed by atoms with E-state index in [4.69, 9.17) is 11.6 Å². The van der Waals surface area contributed by atoms with Crippen LogP contribution in [0.1, 0.15) is 22.0 Å². The number of nitrogen functional groups attached to an aromatic ring is 1. The molecular weight excluding hydrogens is 298 g/mol. The normalized spacial score (nSPS) is 12.6. The van der Waals surface area contributed by atoms with Crippen molar-refractivity contribution in [3.63, 3.8) is 0 Å². The lowest BCUT2D eigenvalue weighted by Crippen LogP contribution is -2.29. The Hall–Kier alpha value is -0.880. The smallest absolute Gasteiger partial charge is 0.0738 e. The van der Waals surface area contributed by atoms with Crippen molar-refractivity contribution in [2.45, 2.75) is 13.0 Å². The van der Waals surface area contributed by atoms with Crippen molar-refractivity contribution in [3.05, 3.63) is 50.1 Å². The molecule has 1 heterocycles. The number of halogens is 1. The van der Waals surface area contributed by atoms with E-state index in [1.54, 1.807) is 11.3 Å². The van der Waals surface area contributed by atoms with Gasteiger partial charge >= 0.3 is 0 Å². The summed E-state index contributed by atoms with van der Waals surface area (Å²) in [5.41, 5.74) is 11.7. The van der Waals surface area contributed by atoms with Gasteiger partial charge in [-0.3, -0.25) is 5.84 Å². The molecule has 0 bridgehead atoms. The molecule has 1 unspecified atom stereocenters. The van der Waals surface area contributed by atoms with E-state index in [0.717, 1.165) is 21.3 Å². The first kappa shape index (κ1) is 12.6. The molecule has 0 aliphatic heterocycles. The van der Waals surface area contributed by atoms with Gasteiger partial charge in [-0.25, -0.2) is 5.43 Å². The summed E-state index contributed by atoms with van der Waals surface area (Å²) >= 11 is 5.15. The van der Waals surface area contributed by atoms with Crippen LogP contribution in [-0.2, 0) is 0 Å². The van der Waals surface area contributed by atoms with Crippen LogP contribution in [0.15, 0.2) is 34.1 Å². The fourth-order valence-electron chi connectivity index (χ4n) is 1.78. The van der Waals surface area contributed by atoms with Crippen LogP contribution < -0.4 is 17.0 Å². The quantitative estimate of drug-likeness (QED) is 0.464. The lowest BCUT2D eigenvalue weighted by molar-refractivity contribution is 0.640. The van der Waals surface area contributed by atoms with Gasteiger partial charge in [0.15, 0.2) is 0 Å². The van der Waals surface area contributed by atoms with Crippen molar-refractivity contribution < 1.29 is 0 Å². The number of rotatable bonds is 3. The van der Waals surface area contributed by atoms with Crippen molar-refractivity contribution in [1.82, 2.24) is 5.43 Å². The first-order valence-corrected chi connectivity index (χ1v) is 6.85. The van der Waals surface area contributed by atoms with E-state index in [2.05, 4.69) is 39.7 Å². The van der Waals surface area contributed by atoms with E-state index >= 15 is 0 Å². The second kappa shape index (κ2) is 5.18. The monoisotopic (exact) mass is 311 g/mol. The molecule has 5 N–H and O–H groups in total. The topological polar surface area (TPSA) is 64.1 Å². The molecule has 1 aromatic heterocycles. The molecule has 0 saturated heterocycles. The Morgan fingerprint density at radius 3 is 2.71 bits per heavy atom. The Kier molecular flexibility index (Phi) is 3.83. The predicted molar refractivity (Wildman–Crippen MR) is 76.8 cm³/mol. The van der Waals surface area contributed by atoms with Crippen LogP contribution in [0.2, 0.25) is 0 Å². The number of anilines is 1. The van der Waals surface area contributed by atoms with E-state index in [-0.39, 0.29) is 6.04 Å². The van der Waals surface area contributed by atoms with Gasteiger partial charge < -0.3 is 5.73 Å². The standard InChI is InChI=1S/C12H14BrN3S/c1-7-4-8(6-17-7)12(16-15)10-5-9(13)2-3-11(10)14/h2-6,12,16H,14-15H2,1H3. The molecule has 2 rings (SSSR count). The molecule has 0 amide bonds. The maximum Gasteiger partial charge on any atom is 0.0738 e. The summed E-state index contributed by atoms with van der Waals surface area (Å²) in [5, 5.41) is 2.10. The van der Waals surface area contributed by atoms with E-state index in [1.807, 2.05) is 18.2 Å². The molecule has 1 atom stereocenters. The molecule has 17 heavy (non-hydrogen) atoms. The van der Waals surface area contributed by atoms with Crippen LogP contribution in [-0.4, -0.2) is 0 Å². The van der Waals surface area contributed by atoms with Crippen molar-refractivity contribution in [1.29, 1.82) is 0 Å². The van der Waals surface area contributed by atoms with Gasteiger partial charge in [0.1, 0.15) is 0 Å². The van der Waals surface area contributed by atoms with E-state index in [1.165, 1.54) is 4.88 Å². The minimum Gasteiger partial charge on any atom is -0.398 e. The number of aryl methyl sites for hydroxylation is 1. The van der Waals surface area contributed by atoms with Crippen molar-refractivity contribution in [2.24, 2.45) is 5.84 Å². The largest absolute Gasteiger partial charge is 0.398 e. The van der Waals surface area contributed by atoms with Crippen molar-refractivity contribution >= 4 is 33.0 Å². The molecule has 5 heteroatoms. The van der Waals surface area contributed by atoms with Gasteiger partial charge in [-0.2, -0.15) is 0 Å². The molecule has 3 nitrogen and oxygen atoms in total. The van der Waals surface area contributed by atoms with Crippen LogP contribution >= 0.6 is 27.3 Å². The lowest BCUT2D eigenvalue weighted by Gasteiger charge is -2.17. The molecule has 0 spiro atoms.